The number of Topliss-reactive ketones (excluding diaryl/α,β-unsaturated/α-hetero) is 2. The van der Waals surface area contributed by atoms with Crippen molar-refractivity contribution in [1.82, 2.24) is 0 Å². The average Bonchev–Trinajstić information content (AvgIpc) is 3.28. The van der Waals surface area contributed by atoms with Gasteiger partial charge in [-0.1, -0.05) is 0 Å². The Morgan fingerprint density at radius 1 is 0.486 bits per heavy atom. The highest BCUT2D eigenvalue weighted by Gasteiger charge is 2.74. The van der Waals surface area contributed by atoms with Crippen LogP contribution in [-0.2, 0) is 9.59 Å². The molecule has 17 heteroatoms. The predicted octanol–water partition coefficient (Wildman–Crippen LogP) is 0.299. The number of carbonyl (C=O) groups excluding carboxylic acids is 2. The molecule has 0 spiro atoms. The van der Waals surface area contributed by atoms with Gasteiger partial charge in [-0.05, 0) is 5.92 Å². The third-order valence-electron chi connectivity index (χ3n) is 9.85. The fraction of sp³-hybridized carbons (Fsp3) is 0.900. The van der Waals surface area contributed by atoms with Crippen LogP contribution in [0.5, 0.6) is 0 Å². The van der Waals surface area contributed by atoms with E-state index in [4.69, 9.17) is 0 Å². The number of hydrogen-bond acceptors (Lipinski definition) is 12. The molecule has 5 aliphatic carbocycles. The summed E-state index contributed by atoms with van der Waals surface area (Å²) in [5.41, 5.74) is 0. The van der Waals surface area contributed by atoms with E-state index in [2.05, 4.69) is 0 Å². The lowest BCUT2D eigenvalue weighted by Gasteiger charge is -2.40. The van der Waals surface area contributed by atoms with Gasteiger partial charge in [0.05, 0.1) is 12.8 Å². The number of rotatable bonds is 5. The number of ketones is 2. The van der Waals surface area contributed by atoms with Crippen LogP contribution >= 0.6 is 0 Å². The van der Waals surface area contributed by atoms with Crippen LogP contribution in [0, 0.1) is 97.9 Å². The van der Waals surface area contributed by atoms with Gasteiger partial charge in [0.25, 0.3) is 0 Å². The van der Waals surface area contributed by atoms with E-state index in [1.54, 1.807) is 0 Å². The Labute approximate surface area is 206 Å². The second-order valence-electron chi connectivity index (χ2n) is 11.1. The molecule has 5 rings (SSSR count). The summed E-state index contributed by atoms with van der Waals surface area (Å²) in [5, 5.41) is 59.0. The van der Waals surface area contributed by atoms with E-state index in [9.17, 15) is 60.2 Å². The zero-order valence-electron chi connectivity index (χ0n) is 19.2. The minimum absolute atomic E-state index is 0.281. The van der Waals surface area contributed by atoms with Gasteiger partial charge in [-0.25, -0.2) is 0 Å². The van der Waals surface area contributed by atoms with Gasteiger partial charge in [-0.2, -0.15) is 0 Å². The molecule has 0 bridgehead atoms. The first-order chi connectivity index (χ1) is 17.3. The van der Waals surface area contributed by atoms with Crippen LogP contribution in [0.25, 0.3) is 0 Å². The molecule has 13 unspecified atom stereocenters. The van der Waals surface area contributed by atoms with E-state index >= 15 is 0 Å². The van der Waals surface area contributed by atoms with E-state index in [-0.39, 0.29) is 19.3 Å². The third kappa shape index (κ3) is 3.49. The quantitative estimate of drug-likeness (QED) is 0.347. The SMILES string of the molecule is O=C1C2CC([N+](=O)[O-])CC([N+](=O)[O-])C2C2CC([N+](=O)[O-])C3C(C(=O)C4CC([N+](=O)[O-])CC([N+](=O)[O-])C43)C12. The van der Waals surface area contributed by atoms with Gasteiger partial charge in [0.2, 0.25) is 30.2 Å². The zero-order valence-corrected chi connectivity index (χ0v) is 19.2. The molecule has 13 atom stereocenters. The van der Waals surface area contributed by atoms with Crippen LogP contribution < -0.4 is 0 Å². The number of fused-ring (bicyclic) bond motifs is 7. The summed E-state index contributed by atoms with van der Waals surface area (Å²) >= 11 is 0. The van der Waals surface area contributed by atoms with Crippen LogP contribution in [0.15, 0.2) is 0 Å². The Balaban J connectivity index is 1.60. The minimum atomic E-state index is -1.59. The molecule has 5 saturated carbocycles. The molecule has 0 aromatic carbocycles. The van der Waals surface area contributed by atoms with Crippen molar-refractivity contribution in [1.29, 1.82) is 0 Å². The van der Waals surface area contributed by atoms with Gasteiger partial charge >= 0.3 is 0 Å². The van der Waals surface area contributed by atoms with Crippen LogP contribution in [0.1, 0.15) is 32.1 Å². The molecule has 0 N–H and O–H groups in total. The molecular weight excluding hydrogens is 502 g/mol. The van der Waals surface area contributed by atoms with E-state index in [1.165, 1.54) is 0 Å². The molecule has 0 amide bonds. The summed E-state index contributed by atoms with van der Waals surface area (Å²) in [6, 6.07) is -7.35. The normalized spacial score (nSPS) is 46.2. The van der Waals surface area contributed by atoms with Gasteiger partial charge in [0.1, 0.15) is 11.6 Å². The lowest BCUT2D eigenvalue weighted by molar-refractivity contribution is -0.586. The Morgan fingerprint density at radius 2 is 0.892 bits per heavy atom. The molecule has 0 saturated heterocycles. The Hall–Kier alpha value is -3.66. The first-order valence-electron chi connectivity index (χ1n) is 12.1. The van der Waals surface area contributed by atoms with Gasteiger partial charge in [0, 0.05) is 85.3 Å². The third-order valence-corrected chi connectivity index (χ3v) is 9.85. The molecule has 0 aromatic heterocycles. The maximum Gasteiger partial charge on any atom is 0.223 e. The fourth-order valence-corrected chi connectivity index (χ4v) is 8.71. The molecule has 5 aliphatic rings. The molecule has 5 fully saturated rings. The minimum Gasteiger partial charge on any atom is -0.299 e. The maximum atomic E-state index is 13.7. The van der Waals surface area contributed by atoms with Crippen molar-refractivity contribution in [3.63, 3.8) is 0 Å². The Kier molecular flexibility index (Phi) is 5.71. The molecule has 37 heavy (non-hydrogen) atoms. The summed E-state index contributed by atoms with van der Waals surface area (Å²) in [4.78, 5) is 82.9. The van der Waals surface area contributed by atoms with Crippen molar-refractivity contribution < 1.29 is 34.2 Å². The molecular formula is C20H23N5O12. The Morgan fingerprint density at radius 3 is 1.35 bits per heavy atom. The Bertz CT molecular complexity index is 1130. The second kappa shape index (κ2) is 8.44. The first-order valence-corrected chi connectivity index (χ1v) is 12.1. The van der Waals surface area contributed by atoms with Gasteiger partial charge in [0.15, 0.2) is 0 Å². The van der Waals surface area contributed by atoms with E-state index in [1.807, 2.05) is 0 Å². The predicted molar refractivity (Wildman–Crippen MR) is 115 cm³/mol. The fourth-order valence-electron chi connectivity index (χ4n) is 8.71. The van der Waals surface area contributed by atoms with Crippen LogP contribution in [0.3, 0.4) is 0 Å². The van der Waals surface area contributed by atoms with Crippen molar-refractivity contribution in [3.8, 4) is 0 Å². The van der Waals surface area contributed by atoms with E-state index < -0.39 is 127 Å². The highest BCUT2D eigenvalue weighted by atomic mass is 16.6. The lowest BCUT2D eigenvalue weighted by atomic mass is 9.61. The number of hydrogen-bond donors (Lipinski definition) is 0. The van der Waals surface area contributed by atoms with Gasteiger partial charge in [-0.15, -0.1) is 0 Å². The summed E-state index contributed by atoms with van der Waals surface area (Å²) in [6.45, 7) is 0. The van der Waals surface area contributed by atoms with Crippen molar-refractivity contribution in [3.05, 3.63) is 50.6 Å². The zero-order chi connectivity index (χ0) is 27.1. The molecule has 0 heterocycles. The lowest BCUT2D eigenvalue weighted by Crippen LogP contribution is -2.53. The topological polar surface area (TPSA) is 250 Å². The molecule has 0 aromatic rings. The largest absolute Gasteiger partial charge is 0.299 e. The van der Waals surface area contributed by atoms with Crippen LogP contribution in [0.2, 0.25) is 0 Å². The number of carbonyl (C=O) groups is 2. The standard InChI is InChI=1S/C20H23N5O12/c26-19-9-1-6(21(28)29)3-11(23(32)33)14(9)8-5-13(25(36)37)17-15-10(20(27)18(17)16(8)19)2-7(22(30)31)4-12(15)24(34)35/h6-18H,1-5H2. The molecule has 200 valence electrons. The van der Waals surface area contributed by atoms with E-state index in [0.717, 1.165) is 0 Å². The van der Waals surface area contributed by atoms with E-state index in [0.29, 0.717) is 0 Å². The monoisotopic (exact) mass is 525 g/mol. The highest BCUT2D eigenvalue weighted by Crippen LogP contribution is 2.62. The average molecular weight is 525 g/mol. The second-order valence-corrected chi connectivity index (χ2v) is 11.1. The maximum absolute atomic E-state index is 13.7. The van der Waals surface area contributed by atoms with Gasteiger partial charge in [-0.3, -0.25) is 60.2 Å². The van der Waals surface area contributed by atoms with Crippen LogP contribution in [-0.4, -0.2) is 66.4 Å². The first kappa shape index (κ1) is 25.0. The summed E-state index contributed by atoms with van der Waals surface area (Å²) < 4.78 is 0. The van der Waals surface area contributed by atoms with Crippen molar-refractivity contribution in [2.45, 2.75) is 62.3 Å². The highest BCUT2D eigenvalue weighted by molar-refractivity contribution is 5.96. The van der Waals surface area contributed by atoms with Crippen LogP contribution in [0.4, 0.5) is 0 Å². The summed E-state index contributed by atoms with van der Waals surface area (Å²) in [6.07, 6.45) is -1.88. The molecule has 17 nitrogen and oxygen atoms in total. The molecule has 0 aliphatic heterocycles. The molecule has 0 radical (unpaired) electrons. The number of nitrogens with zero attached hydrogens (tertiary/aromatic N) is 5. The van der Waals surface area contributed by atoms with Crippen molar-refractivity contribution in [2.75, 3.05) is 0 Å². The number of nitro groups is 5. The van der Waals surface area contributed by atoms with Crippen molar-refractivity contribution in [2.24, 2.45) is 47.3 Å². The smallest absolute Gasteiger partial charge is 0.223 e. The summed E-state index contributed by atoms with van der Waals surface area (Å²) in [5.74, 6) is -10.5. The van der Waals surface area contributed by atoms with Gasteiger partial charge < -0.3 is 0 Å². The summed E-state index contributed by atoms with van der Waals surface area (Å²) in [7, 11) is 0. The van der Waals surface area contributed by atoms with Crippen molar-refractivity contribution >= 4 is 11.6 Å².